The Balaban J connectivity index is 2.34. The third-order valence-corrected chi connectivity index (χ3v) is 3.87. The van der Waals surface area contributed by atoms with Crippen LogP contribution in [0.25, 0.3) is 11.5 Å². The quantitative estimate of drug-likeness (QED) is 0.712. The van der Waals surface area contributed by atoms with Gasteiger partial charge in [-0.25, -0.2) is 0 Å². The van der Waals surface area contributed by atoms with Crippen molar-refractivity contribution in [3.8, 4) is 28.7 Å². The SMILES string of the molecule is C=C(Cl)CSc1nnc(-c2cc(OC)c(OC)c(OC)c2)o1. The lowest BCUT2D eigenvalue weighted by molar-refractivity contribution is 0.324. The summed E-state index contributed by atoms with van der Waals surface area (Å²) >= 11 is 7.02. The number of thioether (sulfide) groups is 1. The lowest BCUT2D eigenvalue weighted by atomic mass is 10.2. The van der Waals surface area contributed by atoms with Crippen LogP contribution in [-0.2, 0) is 0 Å². The van der Waals surface area contributed by atoms with Gasteiger partial charge in [-0.05, 0) is 12.1 Å². The fourth-order valence-corrected chi connectivity index (χ4v) is 2.41. The van der Waals surface area contributed by atoms with Gasteiger partial charge in [-0.2, -0.15) is 0 Å². The highest BCUT2D eigenvalue weighted by molar-refractivity contribution is 7.99. The van der Waals surface area contributed by atoms with Gasteiger partial charge in [0.25, 0.3) is 5.22 Å². The molecular weight excluding hydrogens is 328 g/mol. The van der Waals surface area contributed by atoms with Gasteiger partial charge in [0, 0.05) is 16.3 Å². The van der Waals surface area contributed by atoms with Gasteiger partial charge >= 0.3 is 0 Å². The van der Waals surface area contributed by atoms with E-state index in [2.05, 4.69) is 16.8 Å². The van der Waals surface area contributed by atoms with Crippen molar-refractivity contribution in [2.75, 3.05) is 27.1 Å². The van der Waals surface area contributed by atoms with Crippen LogP contribution in [0.1, 0.15) is 0 Å². The molecule has 1 heterocycles. The zero-order chi connectivity index (χ0) is 16.1. The number of nitrogens with zero attached hydrogens (tertiary/aromatic N) is 2. The number of ether oxygens (including phenoxy) is 3. The number of halogens is 1. The highest BCUT2D eigenvalue weighted by Crippen LogP contribution is 2.41. The topological polar surface area (TPSA) is 66.6 Å². The molecule has 0 saturated carbocycles. The Morgan fingerprint density at radius 2 is 1.82 bits per heavy atom. The number of methoxy groups -OCH3 is 3. The molecular formula is C14H15ClN2O4S. The first kappa shape index (κ1) is 16.5. The first-order valence-electron chi connectivity index (χ1n) is 6.19. The Labute approximate surface area is 137 Å². The van der Waals surface area contributed by atoms with Gasteiger partial charge in [-0.15, -0.1) is 10.2 Å². The average molecular weight is 343 g/mol. The normalized spacial score (nSPS) is 10.4. The van der Waals surface area contributed by atoms with Crippen LogP contribution < -0.4 is 14.2 Å². The lowest BCUT2D eigenvalue weighted by Crippen LogP contribution is -1.95. The summed E-state index contributed by atoms with van der Waals surface area (Å²) in [7, 11) is 4.63. The summed E-state index contributed by atoms with van der Waals surface area (Å²) in [5.41, 5.74) is 0.665. The molecule has 0 aliphatic heterocycles. The van der Waals surface area contributed by atoms with Crippen LogP contribution in [0.4, 0.5) is 0 Å². The predicted molar refractivity (Wildman–Crippen MR) is 85.1 cm³/mol. The highest BCUT2D eigenvalue weighted by Gasteiger charge is 2.17. The van der Waals surface area contributed by atoms with Crippen molar-refractivity contribution in [2.24, 2.45) is 0 Å². The van der Waals surface area contributed by atoms with Crippen LogP contribution in [0.2, 0.25) is 0 Å². The molecule has 8 heteroatoms. The Bertz CT molecular complexity index is 650. The van der Waals surface area contributed by atoms with E-state index in [9.17, 15) is 0 Å². The van der Waals surface area contributed by atoms with Crippen molar-refractivity contribution in [2.45, 2.75) is 5.22 Å². The predicted octanol–water partition coefficient (Wildman–Crippen LogP) is 3.61. The maximum absolute atomic E-state index is 5.71. The molecule has 2 aromatic rings. The summed E-state index contributed by atoms with van der Waals surface area (Å²) in [6.07, 6.45) is 0. The van der Waals surface area contributed by atoms with Crippen LogP contribution in [0.3, 0.4) is 0 Å². The Hall–Kier alpha value is -1.86. The third kappa shape index (κ3) is 3.66. The first-order valence-corrected chi connectivity index (χ1v) is 7.55. The second-order valence-electron chi connectivity index (χ2n) is 4.09. The van der Waals surface area contributed by atoms with E-state index in [0.29, 0.717) is 44.7 Å². The molecule has 0 unspecified atom stereocenters. The molecule has 0 N–H and O–H groups in total. The van der Waals surface area contributed by atoms with Crippen LogP contribution in [0.15, 0.2) is 33.4 Å². The van der Waals surface area contributed by atoms with Gasteiger partial charge in [-0.3, -0.25) is 0 Å². The Morgan fingerprint density at radius 1 is 1.18 bits per heavy atom. The van der Waals surface area contributed by atoms with Crippen molar-refractivity contribution >= 4 is 23.4 Å². The van der Waals surface area contributed by atoms with E-state index in [1.54, 1.807) is 33.5 Å². The molecule has 0 radical (unpaired) electrons. The van der Waals surface area contributed by atoms with E-state index >= 15 is 0 Å². The van der Waals surface area contributed by atoms with E-state index in [4.69, 9.17) is 30.2 Å². The molecule has 0 atom stereocenters. The molecule has 118 valence electrons. The summed E-state index contributed by atoms with van der Waals surface area (Å²) in [6, 6.07) is 3.48. The minimum absolute atomic E-state index is 0.349. The van der Waals surface area contributed by atoms with Crippen molar-refractivity contribution in [1.29, 1.82) is 0 Å². The molecule has 2 rings (SSSR count). The van der Waals surface area contributed by atoms with E-state index in [1.165, 1.54) is 11.8 Å². The fraction of sp³-hybridized carbons (Fsp3) is 0.286. The molecule has 0 amide bonds. The van der Waals surface area contributed by atoms with Gasteiger partial charge in [0.1, 0.15) is 0 Å². The number of benzene rings is 1. The minimum atomic E-state index is 0.349. The molecule has 22 heavy (non-hydrogen) atoms. The highest BCUT2D eigenvalue weighted by atomic mass is 35.5. The van der Waals surface area contributed by atoms with Crippen LogP contribution >= 0.6 is 23.4 Å². The summed E-state index contributed by atoms with van der Waals surface area (Å²) < 4.78 is 21.5. The van der Waals surface area contributed by atoms with E-state index in [0.717, 1.165) is 0 Å². The summed E-state index contributed by atoms with van der Waals surface area (Å²) in [6.45, 7) is 3.61. The van der Waals surface area contributed by atoms with Gasteiger partial charge in [0.05, 0.1) is 21.3 Å². The standard InChI is InChI=1S/C14H15ClN2O4S/c1-8(15)7-22-14-17-16-13(21-14)9-5-10(18-2)12(20-4)11(6-9)19-3/h5-6H,1,7H2,2-4H3. The summed E-state index contributed by atoms with van der Waals surface area (Å²) in [5, 5.41) is 8.88. The number of aromatic nitrogens is 2. The monoisotopic (exact) mass is 342 g/mol. The molecule has 0 bridgehead atoms. The molecule has 0 aliphatic carbocycles. The second kappa shape index (κ2) is 7.42. The Morgan fingerprint density at radius 3 is 2.32 bits per heavy atom. The second-order valence-corrected chi connectivity index (χ2v) is 5.55. The number of hydrogen-bond acceptors (Lipinski definition) is 7. The maximum Gasteiger partial charge on any atom is 0.277 e. The Kier molecular flexibility index (Phi) is 5.57. The van der Waals surface area contributed by atoms with Gasteiger partial charge < -0.3 is 18.6 Å². The van der Waals surface area contributed by atoms with Gasteiger partial charge in [0.2, 0.25) is 11.6 Å². The number of hydrogen-bond donors (Lipinski definition) is 0. The third-order valence-electron chi connectivity index (χ3n) is 2.67. The molecule has 0 fully saturated rings. The van der Waals surface area contributed by atoms with Crippen molar-refractivity contribution in [3.05, 3.63) is 23.7 Å². The molecule has 6 nitrogen and oxygen atoms in total. The fourth-order valence-electron chi connectivity index (χ4n) is 1.73. The zero-order valence-electron chi connectivity index (χ0n) is 12.4. The van der Waals surface area contributed by atoms with Crippen LogP contribution in [0, 0.1) is 0 Å². The van der Waals surface area contributed by atoms with Gasteiger partial charge in [0.15, 0.2) is 11.5 Å². The van der Waals surface area contributed by atoms with Crippen molar-refractivity contribution < 1.29 is 18.6 Å². The molecule has 0 aliphatic rings. The largest absolute Gasteiger partial charge is 0.493 e. The first-order chi connectivity index (χ1) is 10.6. The lowest BCUT2D eigenvalue weighted by Gasteiger charge is -2.12. The van der Waals surface area contributed by atoms with Crippen LogP contribution in [0.5, 0.6) is 17.2 Å². The van der Waals surface area contributed by atoms with Gasteiger partial charge in [-0.1, -0.05) is 29.9 Å². The van der Waals surface area contributed by atoms with E-state index in [1.807, 2.05) is 0 Å². The molecule has 0 saturated heterocycles. The minimum Gasteiger partial charge on any atom is -0.493 e. The van der Waals surface area contributed by atoms with Crippen LogP contribution in [-0.4, -0.2) is 37.3 Å². The van der Waals surface area contributed by atoms with E-state index in [-0.39, 0.29) is 0 Å². The van der Waals surface area contributed by atoms with E-state index < -0.39 is 0 Å². The van der Waals surface area contributed by atoms with Crippen molar-refractivity contribution in [3.63, 3.8) is 0 Å². The average Bonchev–Trinajstić information content (AvgIpc) is 3.00. The molecule has 0 spiro atoms. The zero-order valence-corrected chi connectivity index (χ0v) is 14.0. The molecule has 1 aromatic carbocycles. The van der Waals surface area contributed by atoms with Crippen molar-refractivity contribution in [1.82, 2.24) is 10.2 Å². The number of rotatable bonds is 7. The smallest absolute Gasteiger partial charge is 0.277 e. The summed E-state index contributed by atoms with van der Waals surface area (Å²) in [5.74, 6) is 2.37. The summed E-state index contributed by atoms with van der Waals surface area (Å²) in [4.78, 5) is 0. The maximum atomic E-state index is 5.71. The molecule has 1 aromatic heterocycles.